The summed E-state index contributed by atoms with van der Waals surface area (Å²) in [6, 6.07) is 9.46. The number of halogens is 1. The second-order valence-corrected chi connectivity index (χ2v) is 4.09. The first-order valence-electron chi connectivity index (χ1n) is 4.34. The lowest BCUT2D eigenvalue weighted by Crippen LogP contribution is -1.80. The summed E-state index contributed by atoms with van der Waals surface area (Å²) in [5, 5.41) is 11.5. The van der Waals surface area contributed by atoms with Crippen LogP contribution in [0.15, 0.2) is 29.6 Å². The van der Waals surface area contributed by atoms with Crippen LogP contribution in [0.2, 0.25) is 0 Å². The van der Waals surface area contributed by atoms with Gasteiger partial charge in [0, 0.05) is 10.9 Å². The van der Waals surface area contributed by atoms with Gasteiger partial charge in [0.05, 0.1) is 23.2 Å². The van der Waals surface area contributed by atoms with Gasteiger partial charge in [-0.25, -0.2) is 4.98 Å². The summed E-state index contributed by atoms with van der Waals surface area (Å²) in [6.45, 7) is 0. The molecule has 0 saturated heterocycles. The summed E-state index contributed by atoms with van der Waals surface area (Å²) in [5.41, 5.74) is 2.57. The topological polar surface area (TPSA) is 36.7 Å². The molecule has 0 atom stereocenters. The fourth-order valence-corrected chi connectivity index (χ4v) is 2.24. The zero-order valence-corrected chi connectivity index (χ0v) is 9.35. The number of alkyl halides is 1. The number of benzene rings is 1. The second-order valence-electron chi connectivity index (χ2n) is 2.97. The molecule has 0 unspecified atom stereocenters. The normalized spacial score (nSPS) is 9.87. The molecule has 1 aromatic heterocycles. The number of nitriles is 1. The number of hydrogen-bond donors (Lipinski definition) is 0. The number of hydrogen-bond acceptors (Lipinski definition) is 3. The van der Waals surface area contributed by atoms with Gasteiger partial charge in [0.25, 0.3) is 0 Å². The SMILES string of the molecule is N#Cc1ccc(-c2nc(CCl)cs2)cc1. The van der Waals surface area contributed by atoms with E-state index in [-0.39, 0.29) is 0 Å². The molecule has 0 aliphatic rings. The third kappa shape index (κ3) is 2.17. The van der Waals surface area contributed by atoms with Crippen molar-refractivity contribution in [3.63, 3.8) is 0 Å². The zero-order valence-electron chi connectivity index (χ0n) is 7.77. The van der Waals surface area contributed by atoms with E-state index in [1.807, 2.05) is 17.5 Å². The molecule has 0 bridgehead atoms. The maximum atomic E-state index is 8.66. The van der Waals surface area contributed by atoms with Crippen LogP contribution >= 0.6 is 22.9 Å². The van der Waals surface area contributed by atoms with E-state index in [2.05, 4.69) is 11.1 Å². The number of aromatic nitrogens is 1. The number of nitrogens with zero attached hydrogens (tertiary/aromatic N) is 2. The average Bonchev–Trinajstić information content (AvgIpc) is 2.78. The Labute approximate surface area is 96.8 Å². The molecule has 1 aromatic carbocycles. The first-order chi connectivity index (χ1) is 7.33. The van der Waals surface area contributed by atoms with Crippen molar-refractivity contribution >= 4 is 22.9 Å². The van der Waals surface area contributed by atoms with Crippen molar-refractivity contribution in [2.45, 2.75) is 5.88 Å². The van der Waals surface area contributed by atoms with Crippen LogP contribution in [0.4, 0.5) is 0 Å². The van der Waals surface area contributed by atoms with Gasteiger partial charge in [-0.05, 0) is 12.1 Å². The fraction of sp³-hybridized carbons (Fsp3) is 0.0909. The highest BCUT2D eigenvalue weighted by molar-refractivity contribution is 7.13. The third-order valence-electron chi connectivity index (χ3n) is 1.95. The predicted octanol–water partition coefficient (Wildman–Crippen LogP) is 3.42. The largest absolute Gasteiger partial charge is 0.240 e. The highest BCUT2D eigenvalue weighted by Gasteiger charge is 2.03. The van der Waals surface area contributed by atoms with E-state index in [1.165, 1.54) is 0 Å². The molecule has 2 rings (SSSR count). The molecule has 0 saturated carbocycles. The van der Waals surface area contributed by atoms with Crippen LogP contribution in [0.1, 0.15) is 11.3 Å². The van der Waals surface area contributed by atoms with Crippen molar-refractivity contribution < 1.29 is 0 Å². The van der Waals surface area contributed by atoms with E-state index in [9.17, 15) is 0 Å². The minimum absolute atomic E-state index is 0.437. The molecular weight excluding hydrogens is 228 g/mol. The van der Waals surface area contributed by atoms with Gasteiger partial charge < -0.3 is 0 Å². The predicted molar refractivity (Wildman–Crippen MR) is 61.8 cm³/mol. The molecule has 2 aromatic rings. The van der Waals surface area contributed by atoms with Gasteiger partial charge >= 0.3 is 0 Å². The van der Waals surface area contributed by atoms with Crippen molar-refractivity contribution in [2.75, 3.05) is 0 Å². The Morgan fingerprint density at radius 1 is 1.33 bits per heavy atom. The van der Waals surface area contributed by atoms with Crippen molar-refractivity contribution in [3.8, 4) is 16.6 Å². The molecule has 4 heteroatoms. The van der Waals surface area contributed by atoms with Crippen molar-refractivity contribution in [1.82, 2.24) is 4.98 Å². The van der Waals surface area contributed by atoms with Gasteiger partial charge in [-0.1, -0.05) is 12.1 Å². The molecule has 74 valence electrons. The first-order valence-corrected chi connectivity index (χ1v) is 5.76. The van der Waals surface area contributed by atoms with E-state index in [0.29, 0.717) is 11.4 Å². The van der Waals surface area contributed by atoms with E-state index < -0.39 is 0 Å². The Kier molecular flexibility index (Phi) is 3.00. The Hall–Kier alpha value is -1.37. The third-order valence-corrected chi connectivity index (χ3v) is 3.16. The van der Waals surface area contributed by atoms with Crippen molar-refractivity contribution in [2.24, 2.45) is 0 Å². The standard InChI is InChI=1S/C11H7ClN2S/c12-5-10-7-15-11(14-10)9-3-1-8(6-13)2-4-9/h1-4,7H,5H2. The molecule has 2 nitrogen and oxygen atoms in total. The van der Waals surface area contributed by atoms with Crippen LogP contribution in [-0.4, -0.2) is 4.98 Å². The first kappa shape index (κ1) is 10.2. The Balaban J connectivity index is 2.33. The maximum Gasteiger partial charge on any atom is 0.123 e. The van der Waals surface area contributed by atoms with Crippen LogP contribution < -0.4 is 0 Å². The maximum absolute atomic E-state index is 8.66. The van der Waals surface area contributed by atoms with Crippen LogP contribution in [0, 0.1) is 11.3 Å². The Morgan fingerprint density at radius 3 is 2.60 bits per heavy atom. The molecule has 1 heterocycles. The highest BCUT2D eigenvalue weighted by Crippen LogP contribution is 2.24. The molecule has 0 fully saturated rings. The minimum Gasteiger partial charge on any atom is -0.240 e. The summed E-state index contributed by atoms with van der Waals surface area (Å²) in [5.74, 6) is 0.437. The summed E-state index contributed by atoms with van der Waals surface area (Å²) < 4.78 is 0. The summed E-state index contributed by atoms with van der Waals surface area (Å²) >= 11 is 7.24. The van der Waals surface area contributed by atoms with Crippen LogP contribution in [0.3, 0.4) is 0 Å². The summed E-state index contributed by atoms with van der Waals surface area (Å²) in [7, 11) is 0. The van der Waals surface area contributed by atoms with Crippen LogP contribution in [0.5, 0.6) is 0 Å². The van der Waals surface area contributed by atoms with Crippen LogP contribution in [-0.2, 0) is 5.88 Å². The molecular formula is C11H7ClN2S. The van der Waals surface area contributed by atoms with Gasteiger partial charge in [-0.3, -0.25) is 0 Å². The lowest BCUT2D eigenvalue weighted by atomic mass is 10.1. The van der Waals surface area contributed by atoms with Gasteiger partial charge in [0.1, 0.15) is 5.01 Å². The Morgan fingerprint density at radius 2 is 2.07 bits per heavy atom. The van der Waals surface area contributed by atoms with E-state index in [0.717, 1.165) is 16.3 Å². The van der Waals surface area contributed by atoms with Crippen molar-refractivity contribution in [1.29, 1.82) is 5.26 Å². The second kappa shape index (κ2) is 4.43. The summed E-state index contributed by atoms with van der Waals surface area (Å²) in [6.07, 6.45) is 0. The Bertz CT molecular complexity index is 496. The van der Waals surface area contributed by atoms with Gasteiger partial charge in [-0.2, -0.15) is 5.26 Å². The quantitative estimate of drug-likeness (QED) is 0.747. The smallest absolute Gasteiger partial charge is 0.123 e. The van der Waals surface area contributed by atoms with Gasteiger partial charge in [0.2, 0.25) is 0 Å². The molecule has 15 heavy (non-hydrogen) atoms. The molecule has 0 aliphatic carbocycles. The average molecular weight is 235 g/mol. The minimum atomic E-state index is 0.437. The molecule has 0 amide bonds. The lowest BCUT2D eigenvalue weighted by Gasteiger charge is -1.95. The van der Waals surface area contributed by atoms with Gasteiger partial charge in [-0.15, -0.1) is 22.9 Å². The van der Waals surface area contributed by atoms with Gasteiger partial charge in [0.15, 0.2) is 0 Å². The fourth-order valence-electron chi connectivity index (χ4n) is 1.19. The van der Waals surface area contributed by atoms with E-state index in [1.54, 1.807) is 23.5 Å². The molecule has 0 radical (unpaired) electrons. The number of rotatable bonds is 2. The molecule has 0 aliphatic heterocycles. The van der Waals surface area contributed by atoms with E-state index in [4.69, 9.17) is 16.9 Å². The summed E-state index contributed by atoms with van der Waals surface area (Å²) in [4.78, 5) is 4.36. The monoisotopic (exact) mass is 234 g/mol. The van der Waals surface area contributed by atoms with Crippen LogP contribution in [0.25, 0.3) is 10.6 Å². The molecule has 0 N–H and O–H groups in total. The van der Waals surface area contributed by atoms with Crippen molar-refractivity contribution in [3.05, 3.63) is 40.9 Å². The zero-order chi connectivity index (χ0) is 10.7. The lowest BCUT2D eigenvalue weighted by molar-refractivity contribution is 1.23. The highest BCUT2D eigenvalue weighted by atomic mass is 35.5. The number of thiazole rings is 1. The van der Waals surface area contributed by atoms with E-state index >= 15 is 0 Å². The molecule has 0 spiro atoms.